The van der Waals surface area contributed by atoms with E-state index in [0.29, 0.717) is 0 Å². The number of esters is 2. The highest BCUT2D eigenvalue weighted by Gasteiger charge is 2.53. The van der Waals surface area contributed by atoms with E-state index in [9.17, 15) is 18.0 Å². The van der Waals surface area contributed by atoms with Crippen LogP contribution in [0.2, 0.25) is 0 Å². The lowest BCUT2D eigenvalue weighted by Gasteiger charge is -2.23. The van der Waals surface area contributed by atoms with Crippen molar-refractivity contribution in [3.63, 3.8) is 0 Å². The van der Waals surface area contributed by atoms with E-state index in [1.54, 1.807) is 18.2 Å². The summed E-state index contributed by atoms with van der Waals surface area (Å²) in [4.78, 5) is 24.1. The smallest absolute Gasteiger partial charge is 0.323 e. The number of carbonyl (C=O) groups excluding carboxylic acids is 2. The molecule has 118 valence electrons. The van der Waals surface area contributed by atoms with Crippen LogP contribution in [0.25, 0.3) is 0 Å². The van der Waals surface area contributed by atoms with Gasteiger partial charge in [-0.1, -0.05) is 24.3 Å². The molecule has 0 bridgehead atoms. The fourth-order valence-electron chi connectivity index (χ4n) is 2.47. The molecule has 6 nitrogen and oxygen atoms in total. The summed E-state index contributed by atoms with van der Waals surface area (Å²) in [6.07, 6.45) is 1.06. The Labute approximate surface area is 128 Å². The Balaban J connectivity index is 2.38. The highest BCUT2D eigenvalue weighted by Crippen LogP contribution is 2.43. The van der Waals surface area contributed by atoms with E-state index in [0.717, 1.165) is 14.2 Å². The first-order valence-electron chi connectivity index (χ1n) is 6.54. The molecule has 0 saturated heterocycles. The van der Waals surface area contributed by atoms with Gasteiger partial charge in [0, 0.05) is 11.3 Å². The maximum absolute atomic E-state index is 12.6. The molecule has 2 rings (SSSR count). The van der Waals surface area contributed by atoms with Crippen LogP contribution in [0.1, 0.15) is 12.8 Å². The minimum absolute atomic E-state index is 0.0227. The van der Waals surface area contributed by atoms with Crippen molar-refractivity contribution in [3.8, 4) is 0 Å². The molecule has 0 N–H and O–H groups in total. The molecule has 0 radical (unpaired) electrons. The van der Waals surface area contributed by atoms with Crippen molar-refractivity contribution in [2.24, 2.45) is 5.41 Å². The molecular weight excluding hydrogens is 308 g/mol. The van der Waals surface area contributed by atoms with E-state index in [1.165, 1.54) is 18.2 Å². The Morgan fingerprint density at radius 1 is 1.05 bits per heavy atom. The van der Waals surface area contributed by atoms with Crippen LogP contribution in [-0.2, 0) is 28.9 Å². The van der Waals surface area contributed by atoms with Crippen LogP contribution >= 0.6 is 0 Å². The maximum Gasteiger partial charge on any atom is 0.323 e. The second-order valence-corrected chi connectivity index (χ2v) is 6.94. The Hall–Kier alpha value is -2.15. The van der Waals surface area contributed by atoms with Crippen molar-refractivity contribution in [3.05, 3.63) is 41.3 Å². The molecule has 0 saturated carbocycles. The highest BCUT2D eigenvalue weighted by atomic mass is 32.2. The number of hydrogen-bond donors (Lipinski definition) is 0. The van der Waals surface area contributed by atoms with Crippen LogP contribution in [-0.4, -0.2) is 34.6 Å². The van der Waals surface area contributed by atoms with Gasteiger partial charge in [-0.2, -0.15) is 0 Å². The summed E-state index contributed by atoms with van der Waals surface area (Å²) in [5.41, 5.74) is -1.62. The van der Waals surface area contributed by atoms with E-state index in [2.05, 4.69) is 9.47 Å². The second kappa shape index (κ2) is 5.92. The predicted molar refractivity (Wildman–Crippen MR) is 77.4 cm³/mol. The van der Waals surface area contributed by atoms with Crippen molar-refractivity contribution in [1.29, 1.82) is 0 Å². The molecule has 1 aromatic rings. The number of ether oxygens (including phenoxy) is 2. The van der Waals surface area contributed by atoms with Gasteiger partial charge in [-0.25, -0.2) is 8.42 Å². The van der Waals surface area contributed by atoms with Crippen LogP contribution in [0.4, 0.5) is 0 Å². The zero-order valence-electron chi connectivity index (χ0n) is 12.2. The van der Waals surface area contributed by atoms with Crippen molar-refractivity contribution in [2.45, 2.75) is 17.7 Å². The number of sulfone groups is 1. The van der Waals surface area contributed by atoms with Gasteiger partial charge in [0.25, 0.3) is 0 Å². The molecule has 0 aliphatic heterocycles. The molecular formula is C15H16O6S. The second-order valence-electron chi connectivity index (χ2n) is 4.93. The standard InChI is InChI=1S/C15H16O6S/c1-20-13(16)15(14(17)21-2)9-8-12(10-15)22(18,19)11-6-4-3-5-7-11/h3-8H,9-10H2,1-2H3. The quantitative estimate of drug-likeness (QED) is 0.616. The fourth-order valence-corrected chi connectivity index (χ4v) is 4.03. The van der Waals surface area contributed by atoms with Crippen molar-refractivity contribution < 1.29 is 27.5 Å². The van der Waals surface area contributed by atoms with Gasteiger partial charge in [0.1, 0.15) is 0 Å². The summed E-state index contributed by atoms with van der Waals surface area (Å²) in [6.45, 7) is 0. The molecule has 1 aliphatic carbocycles. The number of carbonyl (C=O) groups is 2. The average Bonchev–Trinajstić information content (AvgIpc) is 3.01. The molecule has 0 spiro atoms. The summed E-state index contributed by atoms with van der Waals surface area (Å²) in [7, 11) is -1.45. The van der Waals surface area contributed by atoms with Gasteiger partial charge in [0.15, 0.2) is 5.41 Å². The van der Waals surface area contributed by atoms with E-state index in [4.69, 9.17) is 0 Å². The number of benzene rings is 1. The molecule has 1 aliphatic rings. The van der Waals surface area contributed by atoms with Crippen LogP contribution in [0.3, 0.4) is 0 Å². The van der Waals surface area contributed by atoms with Crippen LogP contribution in [0, 0.1) is 5.41 Å². The van der Waals surface area contributed by atoms with Crippen molar-refractivity contribution >= 4 is 21.8 Å². The molecule has 7 heteroatoms. The molecule has 0 atom stereocenters. The lowest BCUT2D eigenvalue weighted by molar-refractivity contribution is -0.168. The zero-order valence-corrected chi connectivity index (χ0v) is 13.1. The predicted octanol–water partition coefficient (Wildman–Crippen LogP) is 1.47. The van der Waals surface area contributed by atoms with Crippen LogP contribution in [0.15, 0.2) is 46.2 Å². The molecule has 0 heterocycles. The van der Waals surface area contributed by atoms with Gasteiger partial charge in [0.2, 0.25) is 9.84 Å². The Morgan fingerprint density at radius 2 is 1.59 bits per heavy atom. The van der Waals surface area contributed by atoms with Crippen LogP contribution in [0.5, 0.6) is 0 Å². The molecule has 1 aromatic carbocycles. The monoisotopic (exact) mass is 324 g/mol. The third-order valence-corrected chi connectivity index (χ3v) is 5.60. The van der Waals surface area contributed by atoms with E-state index in [1.807, 2.05) is 0 Å². The normalized spacial score (nSPS) is 16.7. The Morgan fingerprint density at radius 3 is 2.09 bits per heavy atom. The SMILES string of the molecule is COC(=O)C1(C(=O)OC)CC=C(S(=O)(=O)c2ccccc2)C1. The van der Waals surface area contributed by atoms with Gasteiger partial charge in [0.05, 0.1) is 19.1 Å². The first kappa shape index (κ1) is 16.2. The zero-order chi connectivity index (χ0) is 16.4. The molecule has 0 aromatic heterocycles. The molecule has 22 heavy (non-hydrogen) atoms. The van der Waals surface area contributed by atoms with Gasteiger partial charge in [-0.15, -0.1) is 0 Å². The number of allylic oxidation sites excluding steroid dienone is 2. The molecule has 0 fully saturated rings. The number of methoxy groups -OCH3 is 2. The highest BCUT2D eigenvalue weighted by molar-refractivity contribution is 7.95. The van der Waals surface area contributed by atoms with E-state index < -0.39 is 27.2 Å². The van der Waals surface area contributed by atoms with E-state index >= 15 is 0 Å². The summed E-state index contributed by atoms with van der Waals surface area (Å²) in [5.74, 6) is -1.59. The van der Waals surface area contributed by atoms with Crippen molar-refractivity contribution in [2.75, 3.05) is 14.2 Å². The fraction of sp³-hybridized carbons (Fsp3) is 0.333. The third-order valence-electron chi connectivity index (χ3n) is 3.71. The average molecular weight is 324 g/mol. The van der Waals surface area contributed by atoms with Gasteiger partial charge in [-0.3, -0.25) is 9.59 Å². The Bertz CT molecular complexity index is 702. The summed E-state index contributed by atoms with van der Waals surface area (Å²) in [5, 5.41) is 0. The first-order valence-corrected chi connectivity index (χ1v) is 8.03. The summed E-state index contributed by atoms with van der Waals surface area (Å²) >= 11 is 0. The minimum atomic E-state index is -3.75. The first-order chi connectivity index (χ1) is 10.4. The topological polar surface area (TPSA) is 86.7 Å². The van der Waals surface area contributed by atoms with Gasteiger partial charge in [-0.05, 0) is 18.6 Å². The largest absolute Gasteiger partial charge is 0.468 e. The lowest BCUT2D eigenvalue weighted by Crippen LogP contribution is -2.39. The Kier molecular flexibility index (Phi) is 4.37. The minimum Gasteiger partial charge on any atom is -0.468 e. The van der Waals surface area contributed by atoms with E-state index in [-0.39, 0.29) is 22.6 Å². The molecule has 0 amide bonds. The van der Waals surface area contributed by atoms with Gasteiger partial charge < -0.3 is 9.47 Å². The summed E-state index contributed by atoms with van der Waals surface area (Å²) < 4.78 is 34.5. The molecule has 0 unspecified atom stereocenters. The van der Waals surface area contributed by atoms with Gasteiger partial charge >= 0.3 is 11.9 Å². The third kappa shape index (κ3) is 2.52. The maximum atomic E-state index is 12.6. The van der Waals surface area contributed by atoms with Crippen molar-refractivity contribution in [1.82, 2.24) is 0 Å². The number of hydrogen-bond acceptors (Lipinski definition) is 6. The van der Waals surface area contributed by atoms with Crippen LogP contribution < -0.4 is 0 Å². The summed E-state index contributed by atoms with van der Waals surface area (Å²) in [6, 6.07) is 7.85. The number of rotatable bonds is 4. The lowest BCUT2D eigenvalue weighted by atomic mass is 9.85.